The van der Waals surface area contributed by atoms with Crippen molar-refractivity contribution >= 4 is 17.4 Å². The Balaban J connectivity index is 2.61. The molecule has 1 aromatic rings. The molecule has 0 unspecified atom stereocenters. The Morgan fingerprint density at radius 1 is 1.54 bits per heavy atom. The van der Waals surface area contributed by atoms with Crippen LogP contribution in [0.1, 0.15) is 5.56 Å². The number of anilines is 1. The molecular weight excluding hydrogens is 190 g/mol. The molecule has 1 rings (SSSR count). The minimum Gasteiger partial charge on any atom is -0.383 e. The summed E-state index contributed by atoms with van der Waals surface area (Å²) in [6.07, 6.45) is 1.43. The van der Waals surface area contributed by atoms with Gasteiger partial charge in [-0.05, 0) is 6.92 Å². The van der Waals surface area contributed by atoms with E-state index >= 15 is 0 Å². The van der Waals surface area contributed by atoms with Gasteiger partial charge in [0.25, 0.3) is 0 Å². The third kappa shape index (κ3) is 2.82. The lowest BCUT2D eigenvalue weighted by Gasteiger charge is -2.07. The molecule has 0 aliphatic rings. The molecule has 0 amide bonds. The van der Waals surface area contributed by atoms with Crippen LogP contribution < -0.4 is 5.32 Å². The normalized spacial score (nSPS) is 10.1. The first-order valence-electron chi connectivity index (χ1n) is 3.95. The fourth-order valence-electron chi connectivity index (χ4n) is 0.878. The predicted octanol–water partition coefficient (Wildman–Crippen LogP) is 1.50. The molecule has 1 N–H and O–H groups in total. The van der Waals surface area contributed by atoms with Gasteiger partial charge in [-0.3, -0.25) is 0 Å². The van der Waals surface area contributed by atoms with Gasteiger partial charge in [0.15, 0.2) is 0 Å². The van der Waals surface area contributed by atoms with Gasteiger partial charge in [0.2, 0.25) is 0 Å². The zero-order valence-electron chi connectivity index (χ0n) is 7.67. The molecule has 0 atom stereocenters. The number of hydrogen-bond acceptors (Lipinski definition) is 4. The van der Waals surface area contributed by atoms with E-state index in [1.165, 1.54) is 6.33 Å². The molecule has 0 radical (unpaired) electrons. The van der Waals surface area contributed by atoms with E-state index in [1.807, 2.05) is 6.92 Å². The van der Waals surface area contributed by atoms with E-state index in [2.05, 4.69) is 15.3 Å². The number of halogens is 1. The first kappa shape index (κ1) is 10.2. The Labute approximate surface area is 82.3 Å². The number of ether oxygens (including phenoxy) is 1. The summed E-state index contributed by atoms with van der Waals surface area (Å²) in [5, 5.41) is 3.58. The van der Waals surface area contributed by atoms with Crippen LogP contribution in [0.15, 0.2) is 6.33 Å². The van der Waals surface area contributed by atoms with Crippen LogP contribution in [-0.2, 0) is 4.74 Å². The molecule has 0 bridgehead atoms. The van der Waals surface area contributed by atoms with Crippen molar-refractivity contribution in [2.75, 3.05) is 25.6 Å². The fourth-order valence-corrected chi connectivity index (χ4v) is 1.01. The second kappa shape index (κ2) is 4.99. The zero-order valence-corrected chi connectivity index (χ0v) is 8.43. The van der Waals surface area contributed by atoms with Crippen LogP contribution in [0.25, 0.3) is 0 Å². The first-order valence-corrected chi connectivity index (χ1v) is 4.33. The van der Waals surface area contributed by atoms with Gasteiger partial charge in [-0.25, -0.2) is 9.97 Å². The van der Waals surface area contributed by atoms with Gasteiger partial charge >= 0.3 is 0 Å². The van der Waals surface area contributed by atoms with Crippen LogP contribution in [0.2, 0.25) is 5.15 Å². The molecule has 1 aromatic heterocycles. The van der Waals surface area contributed by atoms with Gasteiger partial charge in [-0.15, -0.1) is 0 Å². The Kier molecular flexibility index (Phi) is 3.92. The highest BCUT2D eigenvalue weighted by Crippen LogP contribution is 2.17. The van der Waals surface area contributed by atoms with Crippen molar-refractivity contribution in [3.05, 3.63) is 17.0 Å². The van der Waals surface area contributed by atoms with Crippen molar-refractivity contribution in [1.82, 2.24) is 9.97 Å². The average molecular weight is 202 g/mol. The highest BCUT2D eigenvalue weighted by Gasteiger charge is 2.02. The van der Waals surface area contributed by atoms with Crippen LogP contribution >= 0.6 is 11.6 Å². The SMILES string of the molecule is COCCNc1ncnc(Cl)c1C. The van der Waals surface area contributed by atoms with Gasteiger partial charge in [0, 0.05) is 19.2 Å². The van der Waals surface area contributed by atoms with E-state index in [0.717, 1.165) is 11.4 Å². The summed E-state index contributed by atoms with van der Waals surface area (Å²) in [7, 11) is 1.65. The number of nitrogens with zero attached hydrogens (tertiary/aromatic N) is 2. The van der Waals surface area contributed by atoms with Crippen LogP contribution in [0.5, 0.6) is 0 Å². The number of nitrogens with one attached hydrogen (secondary N) is 1. The summed E-state index contributed by atoms with van der Waals surface area (Å²) in [4.78, 5) is 7.90. The molecule has 0 fully saturated rings. The third-order valence-electron chi connectivity index (χ3n) is 1.62. The lowest BCUT2D eigenvalue weighted by Crippen LogP contribution is -2.10. The second-order valence-electron chi connectivity index (χ2n) is 2.56. The van der Waals surface area contributed by atoms with Crippen LogP contribution in [0.3, 0.4) is 0 Å². The highest BCUT2D eigenvalue weighted by molar-refractivity contribution is 6.30. The molecular formula is C8H12ClN3O. The number of methoxy groups -OCH3 is 1. The van der Waals surface area contributed by atoms with Crippen molar-refractivity contribution in [1.29, 1.82) is 0 Å². The zero-order chi connectivity index (χ0) is 9.68. The van der Waals surface area contributed by atoms with E-state index < -0.39 is 0 Å². The molecule has 4 nitrogen and oxygen atoms in total. The summed E-state index contributed by atoms with van der Waals surface area (Å²) >= 11 is 5.80. The van der Waals surface area contributed by atoms with E-state index in [-0.39, 0.29) is 0 Å². The maximum Gasteiger partial charge on any atom is 0.137 e. The molecule has 0 spiro atoms. The lowest BCUT2D eigenvalue weighted by molar-refractivity contribution is 0.210. The van der Waals surface area contributed by atoms with Gasteiger partial charge in [-0.1, -0.05) is 11.6 Å². The molecule has 0 aliphatic carbocycles. The van der Waals surface area contributed by atoms with Crippen LogP contribution in [0, 0.1) is 6.92 Å². The standard InChI is InChI=1S/C8H12ClN3O/c1-6-7(9)11-5-12-8(6)10-3-4-13-2/h5H,3-4H2,1-2H3,(H,10,11,12). The second-order valence-corrected chi connectivity index (χ2v) is 2.92. The number of hydrogen-bond donors (Lipinski definition) is 1. The van der Waals surface area contributed by atoms with Gasteiger partial charge in [-0.2, -0.15) is 0 Å². The topological polar surface area (TPSA) is 47.0 Å². The monoisotopic (exact) mass is 201 g/mol. The van der Waals surface area contributed by atoms with E-state index in [0.29, 0.717) is 18.3 Å². The summed E-state index contributed by atoms with van der Waals surface area (Å²) in [6.45, 7) is 3.23. The Morgan fingerprint density at radius 3 is 3.00 bits per heavy atom. The molecule has 13 heavy (non-hydrogen) atoms. The number of rotatable bonds is 4. The Hall–Kier alpha value is -0.870. The van der Waals surface area contributed by atoms with Crippen molar-refractivity contribution in [3.63, 3.8) is 0 Å². The molecule has 0 aromatic carbocycles. The molecule has 72 valence electrons. The summed E-state index contributed by atoms with van der Waals surface area (Å²) < 4.78 is 4.89. The summed E-state index contributed by atoms with van der Waals surface area (Å²) in [5.74, 6) is 0.761. The van der Waals surface area contributed by atoms with E-state index in [1.54, 1.807) is 7.11 Å². The quantitative estimate of drug-likeness (QED) is 0.593. The molecule has 0 saturated carbocycles. The molecule has 1 heterocycles. The third-order valence-corrected chi connectivity index (χ3v) is 2.00. The van der Waals surface area contributed by atoms with E-state index in [4.69, 9.17) is 16.3 Å². The van der Waals surface area contributed by atoms with Gasteiger partial charge in [0.1, 0.15) is 17.3 Å². The average Bonchev–Trinajstić information content (AvgIpc) is 2.13. The fraction of sp³-hybridized carbons (Fsp3) is 0.500. The summed E-state index contributed by atoms with van der Waals surface area (Å²) in [6, 6.07) is 0. The smallest absolute Gasteiger partial charge is 0.137 e. The maximum atomic E-state index is 5.80. The van der Waals surface area contributed by atoms with Crippen LogP contribution in [0.4, 0.5) is 5.82 Å². The van der Waals surface area contributed by atoms with Crippen molar-refractivity contribution in [3.8, 4) is 0 Å². The summed E-state index contributed by atoms with van der Waals surface area (Å²) in [5.41, 5.74) is 0.861. The minimum atomic E-state index is 0.481. The first-order chi connectivity index (χ1) is 6.25. The number of aromatic nitrogens is 2. The maximum absolute atomic E-state index is 5.80. The minimum absolute atomic E-state index is 0.481. The van der Waals surface area contributed by atoms with Crippen molar-refractivity contribution in [2.45, 2.75) is 6.92 Å². The highest BCUT2D eigenvalue weighted by atomic mass is 35.5. The van der Waals surface area contributed by atoms with Crippen molar-refractivity contribution in [2.24, 2.45) is 0 Å². The van der Waals surface area contributed by atoms with Gasteiger partial charge in [0.05, 0.1) is 6.61 Å². The van der Waals surface area contributed by atoms with Crippen LogP contribution in [-0.4, -0.2) is 30.2 Å². The Bertz CT molecular complexity index is 280. The molecule has 0 aliphatic heterocycles. The molecule has 5 heteroatoms. The molecule has 0 saturated heterocycles. The lowest BCUT2D eigenvalue weighted by atomic mass is 10.3. The largest absolute Gasteiger partial charge is 0.383 e. The van der Waals surface area contributed by atoms with Crippen molar-refractivity contribution < 1.29 is 4.74 Å². The van der Waals surface area contributed by atoms with Gasteiger partial charge < -0.3 is 10.1 Å². The Morgan fingerprint density at radius 2 is 2.31 bits per heavy atom. The van der Waals surface area contributed by atoms with E-state index in [9.17, 15) is 0 Å². The predicted molar refractivity (Wildman–Crippen MR) is 52.1 cm³/mol.